The minimum absolute atomic E-state index is 0.0265. The van der Waals surface area contributed by atoms with Crippen LogP contribution in [0.3, 0.4) is 0 Å². The van der Waals surface area contributed by atoms with Crippen LogP contribution in [0.15, 0.2) is 40.8 Å². The van der Waals surface area contributed by atoms with Crippen molar-refractivity contribution < 1.29 is 18.0 Å². The Morgan fingerprint density at radius 3 is 2.77 bits per heavy atom. The lowest BCUT2D eigenvalue weighted by molar-refractivity contribution is -0.137. The Labute approximate surface area is 150 Å². The second kappa shape index (κ2) is 6.91. The van der Waals surface area contributed by atoms with Gasteiger partial charge >= 0.3 is 6.18 Å². The van der Waals surface area contributed by atoms with Crippen LogP contribution in [0.4, 0.5) is 18.9 Å². The summed E-state index contributed by atoms with van der Waals surface area (Å²) in [6, 6.07) is 4.75. The molecule has 0 saturated carbocycles. The molecule has 0 aliphatic carbocycles. The van der Waals surface area contributed by atoms with E-state index in [1.807, 2.05) is 12.3 Å². The number of nitrogens with one attached hydrogen (secondary N) is 1. The number of aromatic nitrogens is 2. The number of hydrogen-bond acceptors (Lipinski definition) is 4. The Balaban J connectivity index is 1.73. The molecule has 3 aromatic rings. The Bertz CT molecular complexity index is 1020. The van der Waals surface area contributed by atoms with Gasteiger partial charge in [-0.05, 0) is 30.0 Å². The van der Waals surface area contributed by atoms with Gasteiger partial charge in [-0.3, -0.25) is 14.2 Å². The van der Waals surface area contributed by atoms with Gasteiger partial charge in [0.15, 0.2) is 0 Å². The van der Waals surface area contributed by atoms with Gasteiger partial charge in [-0.25, -0.2) is 4.98 Å². The number of nitrogens with zero attached hydrogens (tertiary/aromatic N) is 2. The fraction of sp³-hybridized carbons (Fsp3) is 0.235. The highest BCUT2D eigenvalue weighted by Gasteiger charge is 2.33. The number of alkyl halides is 3. The summed E-state index contributed by atoms with van der Waals surface area (Å²) in [6.45, 7) is 1.87. The van der Waals surface area contributed by atoms with Gasteiger partial charge in [-0.15, -0.1) is 11.3 Å². The highest BCUT2D eigenvalue weighted by molar-refractivity contribution is 7.17. The normalized spacial score (nSPS) is 11.7. The molecule has 1 aromatic carbocycles. The van der Waals surface area contributed by atoms with E-state index >= 15 is 0 Å². The van der Waals surface area contributed by atoms with Gasteiger partial charge in [-0.2, -0.15) is 13.2 Å². The molecule has 0 spiro atoms. The Morgan fingerprint density at radius 2 is 2.04 bits per heavy atom. The third-order valence-electron chi connectivity index (χ3n) is 3.81. The zero-order chi connectivity index (χ0) is 18.9. The number of para-hydroxylation sites is 1. The molecule has 0 unspecified atom stereocenters. The predicted octanol–water partition coefficient (Wildman–Crippen LogP) is 3.81. The van der Waals surface area contributed by atoms with Crippen molar-refractivity contribution in [2.45, 2.75) is 26.1 Å². The SMILES string of the molecule is Cc1csc2c(=O)n(CCC(=O)Nc3ccccc3C(F)(F)F)cnc12. The van der Waals surface area contributed by atoms with Crippen LogP contribution in [-0.4, -0.2) is 15.5 Å². The monoisotopic (exact) mass is 381 g/mol. The van der Waals surface area contributed by atoms with Gasteiger partial charge in [-0.1, -0.05) is 12.1 Å². The van der Waals surface area contributed by atoms with Gasteiger partial charge in [0.25, 0.3) is 5.56 Å². The fourth-order valence-electron chi connectivity index (χ4n) is 2.49. The molecule has 0 aliphatic heterocycles. The lowest BCUT2D eigenvalue weighted by Crippen LogP contribution is -2.23. The maximum absolute atomic E-state index is 12.9. The van der Waals surface area contributed by atoms with Gasteiger partial charge < -0.3 is 5.32 Å². The number of aryl methyl sites for hydroxylation is 2. The van der Waals surface area contributed by atoms with Crippen molar-refractivity contribution in [3.8, 4) is 0 Å². The Hall–Kier alpha value is -2.68. The summed E-state index contributed by atoms with van der Waals surface area (Å²) in [5.41, 5.74) is 0.0367. The van der Waals surface area contributed by atoms with E-state index in [0.29, 0.717) is 10.2 Å². The van der Waals surface area contributed by atoms with Crippen LogP contribution >= 0.6 is 11.3 Å². The molecule has 136 valence electrons. The fourth-order valence-corrected chi connectivity index (χ4v) is 3.44. The predicted molar refractivity (Wildman–Crippen MR) is 93.3 cm³/mol. The van der Waals surface area contributed by atoms with Crippen molar-refractivity contribution >= 4 is 33.1 Å². The first kappa shape index (κ1) is 18.1. The molecule has 0 fully saturated rings. The number of hydrogen-bond donors (Lipinski definition) is 1. The molecule has 0 atom stereocenters. The molecule has 26 heavy (non-hydrogen) atoms. The largest absolute Gasteiger partial charge is 0.418 e. The zero-order valence-corrected chi connectivity index (χ0v) is 14.4. The Morgan fingerprint density at radius 1 is 1.31 bits per heavy atom. The van der Waals surface area contributed by atoms with Crippen molar-refractivity contribution in [3.63, 3.8) is 0 Å². The van der Waals surface area contributed by atoms with E-state index in [4.69, 9.17) is 0 Å². The second-order valence-corrected chi connectivity index (χ2v) is 6.56. The molecule has 9 heteroatoms. The highest BCUT2D eigenvalue weighted by Crippen LogP contribution is 2.34. The third kappa shape index (κ3) is 3.62. The smallest absolute Gasteiger partial charge is 0.325 e. The minimum Gasteiger partial charge on any atom is -0.325 e. The first-order chi connectivity index (χ1) is 12.3. The average Bonchev–Trinajstić information content (AvgIpc) is 2.96. The zero-order valence-electron chi connectivity index (χ0n) is 13.6. The first-order valence-corrected chi connectivity index (χ1v) is 8.54. The van der Waals surface area contributed by atoms with Crippen molar-refractivity contribution in [2.75, 3.05) is 5.32 Å². The summed E-state index contributed by atoms with van der Waals surface area (Å²) >= 11 is 1.27. The van der Waals surface area contributed by atoms with E-state index in [9.17, 15) is 22.8 Å². The summed E-state index contributed by atoms with van der Waals surface area (Å²) in [5.74, 6) is -0.615. The van der Waals surface area contributed by atoms with Crippen LogP contribution in [0.25, 0.3) is 10.2 Å². The number of amides is 1. The van der Waals surface area contributed by atoms with E-state index in [1.165, 1.54) is 40.4 Å². The van der Waals surface area contributed by atoms with Crippen molar-refractivity contribution in [2.24, 2.45) is 0 Å². The summed E-state index contributed by atoms with van der Waals surface area (Å²) in [4.78, 5) is 28.6. The molecule has 0 saturated heterocycles. The Kier molecular flexibility index (Phi) is 4.82. The van der Waals surface area contributed by atoms with Gasteiger partial charge in [0.1, 0.15) is 4.70 Å². The number of carbonyl (C=O) groups excluding carboxylic acids is 1. The van der Waals surface area contributed by atoms with Gasteiger partial charge in [0, 0.05) is 13.0 Å². The molecule has 1 N–H and O–H groups in total. The molecule has 1 amide bonds. The van der Waals surface area contributed by atoms with Gasteiger partial charge in [0.05, 0.1) is 23.1 Å². The topological polar surface area (TPSA) is 64.0 Å². The lowest BCUT2D eigenvalue weighted by Gasteiger charge is -2.13. The number of anilines is 1. The summed E-state index contributed by atoms with van der Waals surface area (Å²) in [5, 5.41) is 4.08. The first-order valence-electron chi connectivity index (χ1n) is 7.66. The molecule has 0 bridgehead atoms. The summed E-state index contributed by atoms with van der Waals surface area (Å²) < 4.78 is 40.6. The molecule has 2 aromatic heterocycles. The van der Waals surface area contributed by atoms with Crippen LogP contribution < -0.4 is 10.9 Å². The lowest BCUT2D eigenvalue weighted by atomic mass is 10.1. The molecule has 2 heterocycles. The number of thiophene rings is 1. The third-order valence-corrected chi connectivity index (χ3v) is 4.88. The van der Waals surface area contributed by atoms with Crippen LogP contribution in [0.5, 0.6) is 0 Å². The molecule has 3 rings (SSSR count). The molecular weight excluding hydrogens is 367 g/mol. The van der Waals surface area contributed by atoms with Crippen molar-refractivity contribution in [1.82, 2.24) is 9.55 Å². The van der Waals surface area contributed by atoms with E-state index < -0.39 is 17.6 Å². The van der Waals surface area contributed by atoms with E-state index in [0.717, 1.165) is 11.6 Å². The standard InChI is InChI=1S/C17H14F3N3O2S/c1-10-8-26-15-14(10)21-9-23(16(15)25)7-6-13(24)22-12-5-3-2-4-11(12)17(18,19)20/h2-5,8-9H,6-7H2,1H3,(H,22,24). The quantitative estimate of drug-likeness (QED) is 0.747. The van der Waals surface area contributed by atoms with Crippen LogP contribution in [0.1, 0.15) is 17.5 Å². The maximum Gasteiger partial charge on any atom is 0.418 e. The highest BCUT2D eigenvalue weighted by atomic mass is 32.1. The van der Waals surface area contributed by atoms with Crippen LogP contribution in [0, 0.1) is 6.92 Å². The summed E-state index contributed by atoms with van der Waals surface area (Å²) in [6.07, 6.45) is -3.36. The maximum atomic E-state index is 12.9. The number of halogens is 3. The van der Waals surface area contributed by atoms with Crippen LogP contribution in [0.2, 0.25) is 0 Å². The number of fused-ring (bicyclic) bond motifs is 1. The number of carbonyl (C=O) groups is 1. The minimum atomic E-state index is -4.56. The van der Waals surface area contributed by atoms with E-state index in [1.54, 1.807) is 0 Å². The summed E-state index contributed by atoms with van der Waals surface area (Å²) in [7, 11) is 0. The molecular formula is C17H14F3N3O2S. The van der Waals surface area contributed by atoms with Crippen molar-refractivity contribution in [1.29, 1.82) is 0 Å². The second-order valence-electron chi connectivity index (χ2n) is 5.68. The molecule has 0 aliphatic rings. The number of benzene rings is 1. The molecule has 0 radical (unpaired) electrons. The molecule has 5 nitrogen and oxygen atoms in total. The average molecular weight is 381 g/mol. The van der Waals surface area contributed by atoms with E-state index in [2.05, 4.69) is 10.3 Å². The van der Waals surface area contributed by atoms with Gasteiger partial charge in [0.2, 0.25) is 5.91 Å². The van der Waals surface area contributed by atoms with Crippen molar-refractivity contribution in [3.05, 3.63) is 57.5 Å². The number of rotatable bonds is 4. The van der Waals surface area contributed by atoms with E-state index in [-0.39, 0.29) is 24.2 Å². The van der Waals surface area contributed by atoms with Crippen LogP contribution in [-0.2, 0) is 17.5 Å².